The zero-order valence-corrected chi connectivity index (χ0v) is 68.1. The van der Waals surface area contributed by atoms with Gasteiger partial charge in [-0.2, -0.15) is 5.48 Å². The molecule has 12 N–H and O–H groups in total. The molecule has 107 heavy (non-hydrogen) atoms. The van der Waals surface area contributed by atoms with Crippen LogP contribution in [0.5, 0.6) is 17.2 Å². The van der Waals surface area contributed by atoms with Crippen LogP contribution in [0, 0.1) is 51.9 Å². The van der Waals surface area contributed by atoms with Crippen LogP contribution in [0.3, 0.4) is 0 Å². The molecule has 6 rings (SSSR count). The number of nitrogens with one attached hydrogen (secondary N) is 3. The molecule has 31 nitrogen and oxygen atoms in total. The summed E-state index contributed by atoms with van der Waals surface area (Å²) in [5.74, 6) is 6.23. The number of aliphatic hydroxyl groups excluding tert-OH is 4. The first-order valence-electron chi connectivity index (χ1n) is 35.2. The number of carbonyl (C=O) groups excluding carboxylic acids is 7. The number of benzene rings is 1. The SMILES string of the molecule is CC#C/C=C\C#C[C@H](OC1OC(C)C(NOC2CC(O)C(SC(=O)c3c(C)c(I)c(OC4OC(C)C(O)C(OC)C4O)c(OC)c3OC)C(C)O2)C(O)C1OC1CC(OC)C(N(CC)C(=O)CNC(=O)[C@H](C)CC(=O)[C@@H](N)CC(N)=O)CO1)C1/C(=C\CSSC(C)(C)C)[C@](O)(C(C)C)CC(=O)C1NC(=O)OC. The zero-order chi connectivity index (χ0) is 79.7. The van der Waals surface area contributed by atoms with Crippen LogP contribution in [0.4, 0.5) is 4.79 Å². The molecule has 0 spiro atoms. The lowest BCUT2D eigenvalue weighted by Gasteiger charge is -2.49. The summed E-state index contributed by atoms with van der Waals surface area (Å²) in [7, 11) is 9.68. The lowest BCUT2D eigenvalue weighted by Crippen LogP contribution is -2.66. The molecule has 1 aromatic carbocycles. The number of halogens is 1. The summed E-state index contributed by atoms with van der Waals surface area (Å²) >= 11 is 2.77. The summed E-state index contributed by atoms with van der Waals surface area (Å²) in [5.41, 5.74) is 12.9. The third kappa shape index (κ3) is 23.4. The Hall–Kier alpha value is -4.95. The first-order valence-corrected chi connectivity index (χ1v) is 39.5. The monoisotopic (exact) mass is 1680 g/mol. The smallest absolute Gasteiger partial charge is 0.407 e. The van der Waals surface area contributed by atoms with Crippen LogP contribution in [0.2, 0.25) is 0 Å². The Balaban J connectivity index is 1.32. The average molecular weight is 1680 g/mol. The van der Waals surface area contributed by atoms with Gasteiger partial charge in [-0.15, -0.1) is 5.92 Å². The van der Waals surface area contributed by atoms with Gasteiger partial charge in [0.2, 0.25) is 34.9 Å². The summed E-state index contributed by atoms with van der Waals surface area (Å²) < 4.78 is 73.7. The number of allylic oxidation sites excluding steroid dienone is 2. The Morgan fingerprint density at radius 3 is 2.13 bits per heavy atom. The maximum absolute atomic E-state index is 14.7. The van der Waals surface area contributed by atoms with Gasteiger partial charge in [0.25, 0.3) is 0 Å². The number of nitrogens with zero attached hydrogens (tertiary/aromatic N) is 1. The number of aliphatic hydroxyl groups is 5. The Labute approximate surface area is 651 Å². The summed E-state index contributed by atoms with van der Waals surface area (Å²) in [6.45, 7) is 20.4. The Morgan fingerprint density at radius 1 is 0.860 bits per heavy atom. The van der Waals surface area contributed by atoms with Gasteiger partial charge in [0.15, 0.2) is 41.9 Å². The molecule has 1 aromatic rings. The van der Waals surface area contributed by atoms with Crippen molar-refractivity contribution in [1.82, 2.24) is 21.0 Å². The van der Waals surface area contributed by atoms with Gasteiger partial charge in [-0.3, -0.25) is 33.6 Å². The summed E-state index contributed by atoms with van der Waals surface area (Å²) in [4.78, 5) is 102. The number of hydroxylamine groups is 1. The van der Waals surface area contributed by atoms with Crippen molar-refractivity contribution in [3.63, 3.8) is 0 Å². The van der Waals surface area contributed by atoms with Crippen LogP contribution >= 0.6 is 55.9 Å². The first kappa shape index (κ1) is 90.9. The number of thioether (sulfide) groups is 1. The number of alkyl carbamates (subject to hydrolysis) is 1. The van der Waals surface area contributed by atoms with Gasteiger partial charge in [-0.25, -0.2) is 4.79 Å². The third-order valence-corrected chi connectivity index (χ3v) is 24.9. The van der Waals surface area contributed by atoms with E-state index in [0.29, 0.717) is 20.5 Å². The zero-order valence-electron chi connectivity index (χ0n) is 63.5. The molecule has 0 aromatic heterocycles. The fourth-order valence-electron chi connectivity index (χ4n) is 13.2. The minimum absolute atomic E-state index is 0.000548. The highest BCUT2D eigenvalue weighted by Gasteiger charge is 2.56. The van der Waals surface area contributed by atoms with Crippen LogP contribution in [0.1, 0.15) is 124 Å². The number of ketones is 2. The number of Topliss-reactive ketones (excluding diaryl/α,β-unsaturated/α-hetero) is 2. The topological polar surface area (TPSA) is 432 Å². The van der Waals surface area contributed by atoms with Crippen LogP contribution in [0.25, 0.3) is 0 Å². The van der Waals surface area contributed by atoms with Crippen molar-refractivity contribution < 1.29 is 121 Å². The molecule has 600 valence electrons. The summed E-state index contributed by atoms with van der Waals surface area (Å²) in [6, 6.07) is -4.63. The Bertz CT molecular complexity index is 3430. The molecular weight excluding hydrogens is 1570 g/mol. The normalized spacial score (nSPS) is 31.6. The van der Waals surface area contributed by atoms with Gasteiger partial charge in [0.05, 0.1) is 103 Å². The van der Waals surface area contributed by atoms with Gasteiger partial charge >= 0.3 is 6.09 Å². The lowest BCUT2D eigenvalue weighted by molar-refractivity contribution is -0.340. The summed E-state index contributed by atoms with van der Waals surface area (Å²) in [5, 5.41) is 63.4. The van der Waals surface area contributed by atoms with Gasteiger partial charge in [0.1, 0.15) is 42.7 Å². The molecular formula is C72H107IN6O25S3. The highest BCUT2D eigenvalue weighted by atomic mass is 127. The largest absolute Gasteiger partial charge is 0.492 e. The minimum Gasteiger partial charge on any atom is -0.492 e. The van der Waals surface area contributed by atoms with Crippen molar-refractivity contribution in [2.75, 3.05) is 61.0 Å². The van der Waals surface area contributed by atoms with Crippen molar-refractivity contribution in [2.24, 2.45) is 29.2 Å². The molecule has 1 aliphatic carbocycles. The molecule has 4 heterocycles. The van der Waals surface area contributed by atoms with E-state index in [0.717, 1.165) is 18.9 Å². The molecule has 35 heteroatoms. The number of primary amides is 1. The van der Waals surface area contributed by atoms with E-state index >= 15 is 0 Å². The molecule has 4 saturated heterocycles. The van der Waals surface area contributed by atoms with Crippen LogP contribution in [-0.4, -0.2) is 264 Å². The van der Waals surface area contributed by atoms with Gasteiger partial charge in [0, 0.05) is 75.2 Å². The Kier molecular flexibility index (Phi) is 35.3. The van der Waals surface area contributed by atoms with E-state index in [4.69, 9.17) is 73.1 Å². The van der Waals surface area contributed by atoms with E-state index in [9.17, 15) is 59.1 Å². The average Bonchev–Trinajstić information content (AvgIpc) is 0.767. The van der Waals surface area contributed by atoms with Crippen LogP contribution in [0.15, 0.2) is 23.8 Å². The molecule has 23 atom stereocenters. The van der Waals surface area contributed by atoms with E-state index < -0.39 is 205 Å². The third-order valence-electron chi connectivity index (χ3n) is 19.0. The molecule has 4 aliphatic heterocycles. The van der Waals surface area contributed by atoms with Crippen LogP contribution in [-0.2, 0) is 71.4 Å². The molecule has 0 radical (unpaired) electrons. The fourth-order valence-corrected chi connectivity index (χ4v) is 17.1. The van der Waals surface area contributed by atoms with Crippen molar-refractivity contribution in [2.45, 2.75) is 247 Å². The van der Waals surface area contributed by atoms with Crippen molar-refractivity contribution in [1.29, 1.82) is 0 Å². The number of methoxy groups -OCH3 is 5. The molecule has 5 aliphatic rings. The number of hydrogen-bond acceptors (Lipinski definition) is 30. The van der Waals surface area contributed by atoms with E-state index in [-0.39, 0.29) is 60.0 Å². The highest BCUT2D eigenvalue weighted by Crippen LogP contribution is 2.50. The second-order valence-corrected chi connectivity index (χ2v) is 33.3. The number of amides is 4. The number of ether oxygens (including phenoxy) is 12. The van der Waals surface area contributed by atoms with E-state index in [1.807, 2.05) is 49.4 Å². The quantitative estimate of drug-likeness (QED) is 0.0127. The first-order chi connectivity index (χ1) is 50.4. The molecule has 5 fully saturated rings. The number of hydrogen-bond donors (Lipinski definition) is 10. The van der Waals surface area contributed by atoms with Crippen molar-refractivity contribution in [3.05, 3.63) is 38.5 Å². The maximum atomic E-state index is 14.7. The Morgan fingerprint density at radius 2 is 1.53 bits per heavy atom. The van der Waals surface area contributed by atoms with Crippen LogP contribution < -0.4 is 41.8 Å². The maximum Gasteiger partial charge on any atom is 0.407 e. The predicted octanol–water partition coefficient (Wildman–Crippen LogP) is 3.26. The second kappa shape index (κ2) is 41.5. The molecule has 19 unspecified atom stereocenters. The minimum atomic E-state index is -1.82. The predicted molar refractivity (Wildman–Crippen MR) is 404 cm³/mol. The lowest BCUT2D eigenvalue weighted by atomic mass is 9.64. The second-order valence-electron chi connectivity index (χ2n) is 27.9. The van der Waals surface area contributed by atoms with E-state index in [2.05, 4.69) is 39.8 Å². The number of nitrogens with two attached hydrogens (primary N) is 2. The standard InChI is InChI=1S/C72H107IN6O25S3/c1-18-20-21-22-23-24-46(53-40(25-26-105-107-71(10,11)12)72(91,34(3)4)31-45(82)56(53)77-70(90)96-17)101-69-63(102-50-30-47(92-13)42(33-97-50)79(19-2)49(84)32-76-66(88)35(5)27-43(80)41(74)28-48(75)83)58(86)55(37(7)99-69)78-104-51-29-44(81)65(39(9)98-51)106-67(89)52-36(6)54(73)61(64(95-16)60(52)93-14)103-68-59(87)62(94-15)57(85)38(8)100-68/h21-22,25,34-35,37-39,41-42,44,46-47,50-51,53,55-59,62-63,65,68-69,78,81,85-87,91H,19,26-33,74H2,1-17H3,(H2,75,83)(H,76,88)(H,77,90)/b22-21-,40-25+/t35-,37?,38?,39?,41+,42?,44?,46+,47?,50?,51?,53?,55?,56?,57?,58?,59?,62?,63?,65?,68?,69?,72-/m1/s1. The molecule has 4 amide bonds. The number of rotatable bonds is 31. The van der Waals surface area contributed by atoms with E-state index in [1.54, 1.807) is 66.2 Å². The van der Waals surface area contributed by atoms with Gasteiger partial charge in [-0.05, 0) is 93.3 Å². The fraction of sp³-hybridized carbons (Fsp3) is 0.708. The molecule has 1 saturated carbocycles. The molecule has 0 bridgehead atoms. The van der Waals surface area contributed by atoms with E-state index in [1.165, 1.54) is 63.2 Å². The van der Waals surface area contributed by atoms with Gasteiger partial charge < -0.3 is 109 Å². The van der Waals surface area contributed by atoms with Crippen molar-refractivity contribution >= 4 is 96.4 Å². The highest BCUT2D eigenvalue weighted by molar-refractivity contribution is 14.1. The van der Waals surface area contributed by atoms with Gasteiger partial charge in [-0.1, -0.05) is 98.7 Å². The number of carbonyl (C=O) groups is 7. The number of likely N-dealkylation sites (N-methyl/N-ethyl adjacent to an activating group) is 1. The van der Waals surface area contributed by atoms with Crippen molar-refractivity contribution in [3.8, 4) is 40.9 Å². The summed E-state index contributed by atoms with van der Waals surface area (Å²) in [6.07, 6.45) is -16.4.